The second kappa shape index (κ2) is 5.36. The summed E-state index contributed by atoms with van der Waals surface area (Å²) in [6.07, 6.45) is 0. The number of aryl methyl sites for hydroxylation is 2. The SMILES string of the molecule is Cc1ccc(Sc2cc(C)c(N)c(C(=O)O)c2)cc1. The molecule has 0 heterocycles. The van der Waals surface area contributed by atoms with Gasteiger partial charge in [-0.2, -0.15) is 0 Å². The maximum Gasteiger partial charge on any atom is 0.337 e. The number of hydrogen-bond donors (Lipinski definition) is 2. The topological polar surface area (TPSA) is 63.3 Å². The van der Waals surface area contributed by atoms with Crippen molar-refractivity contribution in [2.75, 3.05) is 5.73 Å². The van der Waals surface area contributed by atoms with Gasteiger partial charge in [-0.25, -0.2) is 4.79 Å². The molecule has 0 fully saturated rings. The van der Waals surface area contributed by atoms with Crippen LogP contribution in [0.1, 0.15) is 21.5 Å². The molecule has 0 amide bonds. The molecule has 0 radical (unpaired) electrons. The first-order valence-corrected chi connectivity index (χ1v) is 6.67. The van der Waals surface area contributed by atoms with Gasteiger partial charge in [0.15, 0.2) is 0 Å². The van der Waals surface area contributed by atoms with Crippen LogP contribution in [0.4, 0.5) is 5.69 Å². The summed E-state index contributed by atoms with van der Waals surface area (Å²) >= 11 is 1.53. The minimum absolute atomic E-state index is 0.162. The number of hydrogen-bond acceptors (Lipinski definition) is 3. The molecule has 0 aliphatic carbocycles. The molecule has 19 heavy (non-hydrogen) atoms. The summed E-state index contributed by atoms with van der Waals surface area (Å²) in [6, 6.07) is 11.6. The van der Waals surface area contributed by atoms with E-state index in [1.807, 2.05) is 44.2 Å². The van der Waals surface area contributed by atoms with Crippen LogP contribution in [0.5, 0.6) is 0 Å². The van der Waals surface area contributed by atoms with Crippen LogP contribution in [0.15, 0.2) is 46.2 Å². The number of rotatable bonds is 3. The lowest BCUT2D eigenvalue weighted by Gasteiger charge is -2.09. The van der Waals surface area contributed by atoms with Crippen molar-refractivity contribution >= 4 is 23.4 Å². The third kappa shape index (κ3) is 3.09. The molecule has 2 rings (SSSR count). The minimum atomic E-state index is -0.994. The zero-order valence-electron chi connectivity index (χ0n) is 10.8. The zero-order chi connectivity index (χ0) is 14.0. The molecule has 0 spiro atoms. The maximum absolute atomic E-state index is 11.1. The lowest BCUT2D eigenvalue weighted by atomic mass is 10.1. The fraction of sp³-hybridized carbons (Fsp3) is 0.133. The summed E-state index contributed by atoms with van der Waals surface area (Å²) in [5.74, 6) is -0.994. The lowest BCUT2D eigenvalue weighted by molar-refractivity contribution is 0.0697. The Kier molecular flexibility index (Phi) is 3.81. The molecule has 2 aromatic carbocycles. The van der Waals surface area contributed by atoms with Crippen molar-refractivity contribution in [2.45, 2.75) is 23.6 Å². The molecule has 2 aromatic rings. The number of benzene rings is 2. The van der Waals surface area contributed by atoms with Gasteiger partial charge >= 0.3 is 5.97 Å². The van der Waals surface area contributed by atoms with Crippen LogP contribution in [0.25, 0.3) is 0 Å². The first-order chi connectivity index (χ1) is 8.97. The van der Waals surface area contributed by atoms with E-state index in [1.54, 1.807) is 6.07 Å². The first kappa shape index (κ1) is 13.5. The van der Waals surface area contributed by atoms with Crippen LogP contribution in [-0.4, -0.2) is 11.1 Å². The van der Waals surface area contributed by atoms with Gasteiger partial charge in [0.1, 0.15) is 0 Å². The molecule has 0 aliphatic rings. The average Bonchev–Trinajstić information content (AvgIpc) is 2.36. The van der Waals surface area contributed by atoms with Crippen molar-refractivity contribution in [3.05, 3.63) is 53.1 Å². The van der Waals surface area contributed by atoms with E-state index in [-0.39, 0.29) is 5.56 Å². The highest BCUT2D eigenvalue weighted by Gasteiger charge is 2.12. The summed E-state index contributed by atoms with van der Waals surface area (Å²) in [4.78, 5) is 13.1. The molecule has 0 bridgehead atoms. The molecule has 0 atom stereocenters. The van der Waals surface area contributed by atoms with Gasteiger partial charge < -0.3 is 10.8 Å². The molecule has 0 unspecified atom stereocenters. The van der Waals surface area contributed by atoms with Gasteiger partial charge in [0.2, 0.25) is 0 Å². The van der Waals surface area contributed by atoms with Gasteiger partial charge in [0.25, 0.3) is 0 Å². The summed E-state index contributed by atoms with van der Waals surface area (Å²) in [5, 5.41) is 9.13. The fourth-order valence-electron chi connectivity index (χ4n) is 1.74. The molecule has 0 aliphatic heterocycles. The second-order valence-corrected chi connectivity index (χ2v) is 5.57. The Bertz CT molecular complexity index is 621. The summed E-state index contributed by atoms with van der Waals surface area (Å²) in [7, 11) is 0. The van der Waals surface area contributed by atoms with Crippen molar-refractivity contribution in [2.24, 2.45) is 0 Å². The van der Waals surface area contributed by atoms with Gasteiger partial charge in [0, 0.05) is 15.5 Å². The summed E-state index contributed by atoms with van der Waals surface area (Å²) in [5.41, 5.74) is 8.26. The fourth-order valence-corrected chi connectivity index (χ4v) is 2.70. The number of carboxylic acids is 1. The Morgan fingerprint density at radius 2 is 1.74 bits per heavy atom. The van der Waals surface area contributed by atoms with Crippen LogP contribution < -0.4 is 5.73 Å². The quantitative estimate of drug-likeness (QED) is 0.836. The number of anilines is 1. The van der Waals surface area contributed by atoms with E-state index in [0.717, 1.165) is 15.4 Å². The Hall–Kier alpha value is -1.94. The predicted molar refractivity (Wildman–Crippen MR) is 77.9 cm³/mol. The standard InChI is InChI=1S/C15H15NO2S/c1-9-3-5-11(6-4-9)19-12-7-10(2)14(16)13(8-12)15(17)18/h3-8H,16H2,1-2H3,(H,17,18). The average molecular weight is 273 g/mol. The number of aromatic carboxylic acids is 1. The van der Waals surface area contributed by atoms with Crippen LogP contribution in [0.2, 0.25) is 0 Å². The van der Waals surface area contributed by atoms with Gasteiger partial charge in [-0.3, -0.25) is 0 Å². The van der Waals surface area contributed by atoms with Crippen molar-refractivity contribution in [1.29, 1.82) is 0 Å². The zero-order valence-corrected chi connectivity index (χ0v) is 11.6. The Labute approximate surface area is 116 Å². The van der Waals surface area contributed by atoms with E-state index in [1.165, 1.54) is 17.3 Å². The van der Waals surface area contributed by atoms with Crippen molar-refractivity contribution < 1.29 is 9.90 Å². The molecule has 0 saturated carbocycles. The lowest BCUT2D eigenvalue weighted by Crippen LogP contribution is -2.04. The third-order valence-corrected chi connectivity index (χ3v) is 3.83. The normalized spacial score (nSPS) is 10.4. The number of carboxylic acid groups (broad SMARTS) is 1. The molecule has 3 N–H and O–H groups in total. The van der Waals surface area contributed by atoms with E-state index < -0.39 is 5.97 Å². The first-order valence-electron chi connectivity index (χ1n) is 5.85. The molecular formula is C15H15NO2S. The summed E-state index contributed by atoms with van der Waals surface area (Å²) < 4.78 is 0. The maximum atomic E-state index is 11.1. The van der Waals surface area contributed by atoms with Gasteiger partial charge in [0.05, 0.1) is 5.56 Å². The van der Waals surface area contributed by atoms with Gasteiger partial charge in [-0.05, 0) is 43.7 Å². The predicted octanol–water partition coefficient (Wildman–Crippen LogP) is 3.74. The number of nitrogen functional groups attached to an aromatic ring is 1. The molecule has 3 nitrogen and oxygen atoms in total. The Morgan fingerprint density at radius 3 is 2.32 bits per heavy atom. The van der Waals surface area contributed by atoms with Crippen LogP contribution >= 0.6 is 11.8 Å². The van der Waals surface area contributed by atoms with Crippen molar-refractivity contribution in [1.82, 2.24) is 0 Å². The largest absolute Gasteiger partial charge is 0.478 e. The minimum Gasteiger partial charge on any atom is -0.478 e. The van der Waals surface area contributed by atoms with Gasteiger partial charge in [-0.15, -0.1) is 0 Å². The van der Waals surface area contributed by atoms with E-state index in [9.17, 15) is 4.79 Å². The molecule has 0 saturated heterocycles. The van der Waals surface area contributed by atoms with Crippen molar-refractivity contribution in [3.8, 4) is 0 Å². The van der Waals surface area contributed by atoms with Crippen LogP contribution in [-0.2, 0) is 0 Å². The van der Waals surface area contributed by atoms with Crippen LogP contribution in [0.3, 0.4) is 0 Å². The van der Waals surface area contributed by atoms with E-state index >= 15 is 0 Å². The van der Waals surface area contributed by atoms with Gasteiger partial charge in [-0.1, -0.05) is 29.5 Å². The van der Waals surface area contributed by atoms with E-state index in [4.69, 9.17) is 10.8 Å². The summed E-state index contributed by atoms with van der Waals surface area (Å²) in [6.45, 7) is 3.85. The Morgan fingerprint density at radius 1 is 1.11 bits per heavy atom. The van der Waals surface area contributed by atoms with Crippen molar-refractivity contribution in [3.63, 3.8) is 0 Å². The molecule has 4 heteroatoms. The molecular weight excluding hydrogens is 258 g/mol. The monoisotopic (exact) mass is 273 g/mol. The van der Waals surface area contributed by atoms with E-state index in [0.29, 0.717) is 5.69 Å². The highest BCUT2D eigenvalue weighted by molar-refractivity contribution is 7.99. The highest BCUT2D eigenvalue weighted by Crippen LogP contribution is 2.31. The highest BCUT2D eigenvalue weighted by atomic mass is 32.2. The Balaban J connectivity index is 2.35. The number of carbonyl (C=O) groups is 1. The molecule has 98 valence electrons. The smallest absolute Gasteiger partial charge is 0.337 e. The second-order valence-electron chi connectivity index (χ2n) is 4.42. The van der Waals surface area contributed by atoms with E-state index in [2.05, 4.69) is 0 Å². The third-order valence-electron chi connectivity index (χ3n) is 2.85. The molecule has 0 aromatic heterocycles. The van der Waals surface area contributed by atoms with Crippen LogP contribution in [0, 0.1) is 13.8 Å². The number of nitrogens with two attached hydrogens (primary N) is 1.